The summed E-state index contributed by atoms with van der Waals surface area (Å²) in [7, 11) is 0. The van der Waals surface area contributed by atoms with Crippen LogP contribution >= 0.6 is 35.0 Å². The first-order valence-electron chi connectivity index (χ1n) is 10.2. The lowest BCUT2D eigenvalue weighted by atomic mass is 10.2. The van der Waals surface area contributed by atoms with Crippen LogP contribution in [0.5, 0.6) is 5.75 Å². The van der Waals surface area contributed by atoms with Gasteiger partial charge < -0.3 is 14.4 Å². The van der Waals surface area contributed by atoms with E-state index in [0.29, 0.717) is 47.7 Å². The molecule has 10 heteroatoms. The topological polar surface area (TPSA) is 76.2 Å². The van der Waals surface area contributed by atoms with E-state index in [1.807, 2.05) is 18.2 Å². The number of carbonyl (C=O) groups excluding carboxylic acids is 3. The van der Waals surface area contributed by atoms with Crippen molar-refractivity contribution >= 4 is 58.1 Å². The molecule has 0 spiro atoms. The number of hydrogen-bond donors (Lipinski definition) is 0. The highest BCUT2D eigenvalue weighted by atomic mass is 35.5. The van der Waals surface area contributed by atoms with Gasteiger partial charge in [-0.25, -0.2) is 0 Å². The number of rotatable bonds is 6. The number of hydrogen-bond acceptors (Lipinski definition) is 6. The first-order chi connectivity index (χ1) is 15.9. The molecule has 7 nitrogen and oxygen atoms in total. The Bertz CT molecular complexity index is 1120. The van der Waals surface area contributed by atoms with Crippen molar-refractivity contribution in [2.75, 3.05) is 32.8 Å². The summed E-state index contributed by atoms with van der Waals surface area (Å²) in [6, 6.07) is 12.4. The molecule has 0 aliphatic carbocycles. The molecule has 0 bridgehead atoms. The van der Waals surface area contributed by atoms with Crippen LogP contribution in [0.25, 0.3) is 6.08 Å². The van der Waals surface area contributed by atoms with E-state index >= 15 is 0 Å². The number of amides is 3. The Hall–Kier alpha value is -2.52. The monoisotopic (exact) mass is 506 g/mol. The van der Waals surface area contributed by atoms with Crippen LogP contribution in [0, 0.1) is 0 Å². The minimum atomic E-state index is -0.498. The van der Waals surface area contributed by atoms with Gasteiger partial charge in [-0.1, -0.05) is 47.5 Å². The fourth-order valence-electron chi connectivity index (χ4n) is 3.33. The zero-order valence-corrected chi connectivity index (χ0v) is 19.8. The molecule has 172 valence electrons. The summed E-state index contributed by atoms with van der Waals surface area (Å²) in [6.07, 6.45) is 1.58. The van der Waals surface area contributed by atoms with E-state index in [-0.39, 0.29) is 24.0 Å². The van der Waals surface area contributed by atoms with Crippen molar-refractivity contribution in [1.29, 1.82) is 0 Å². The van der Waals surface area contributed by atoms with Crippen LogP contribution in [-0.4, -0.2) is 59.7 Å². The summed E-state index contributed by atoms with van der Waals surface area (Å²) in [4.78, 5) is 40.3. The maximum absolute atomic E-state index is 12.7. The molecule has 33 heavy (non-hydrogen) atoms. The van der Waals surface area contributed by atoms with E-state index in [1.54, 1.807) is 35.2 Å². The molecule has 2 heterocycles. The summed E-state index contributed by atoms with van der Waals surface area (Å²) < 4.78 is 11.0. The standard InChI is InChI=1S/C23H20Cl2N2O5S/c24-17-4-2-1-3-16(17)14-32-19-6-5-15(11-18(19)25)12-20-22(29)27(23(30)33-20)13-21(28)26-7-9-31-10-8-26/h1-6,11-12H,7-10,13-14H2/b20-12-. The molecule has 2 aromatic carbocycles. The first kappa shape index (κ1) is 23.6. The van der Waals surface area contributed by atoms with Crippen molar-refractivity contribution in [3.8, 4) is 5.75 Å². The molecular formula is C23H20Cl2N2O5S. The van der Waals surface area contributed by atoms with Gasteiger partial charge in [-0.15, -0.1) is 0 Å². The predicted molar refractivity (Wildman–Crippen MR) is 127 cm³/mol. The minimum Gasteiger partial charge on any atom is -0.487 e. The van der Waals surface area contributed by atoms with Crippen LogP contribution < -0.4 is 4.74 Å². The van der Waals surface area contributed by atoms with E-state index in [0.717, 1.165) is 22.2 Å². The van der Waals surface area contributed by atoms with Gasteiger partial charge in [0.25, 0.3) is 11.1 Å². The summed E-state index contributed by atoms with van der Waals surface area (Å²) in [5, 5.41) is 0.490. The minimum absolute atomic E-state index is 0.232. The van der Waals surface area contributed by atoms with Crippen LogP contribution in [0.3, 0.4) is 0 Å². The number of benzene rings is 2. The number of halogens is 2. The van der Waals surface area contributed by atoms with Gasteiger partial charge in [-0.3, -0.25) is 19.3 Å². The largest absolute Gasteiger partial charge is 0.487 e. The molecule has 3 amide bonds. The third-order valence-corrected chi connectivity index (χ3v) is 6.70. The predicted octanol–water partition coefficient (Wildman–Crippen LogP) is 4.47. The van der Waals surface area contributed by atoms with Gasteiger partial charge in [-0.05, 0) is 41.6 Å². The highest BCUT2D eigenvalue weighted by Gasteiger charge is 2.37. The fraction of sp³-hybridized carbons (Fsp3) is 0.261. The summed E-state index contributed by atoms with van der Waals surface area (Å²) in [5.41, 5.74) is 1.47. The van der Waals surface area contributed by atoms with E-state index in [9.17, 15) is 14.4 Å². The normalized spacial score (nSPS) is 17.7. The fourth-order valence-corrected chi connectivity index (χ4v) is 4.60. The van der Waals surface area contributed by atoms with Gasteiger partial charge in [-0.2, -0.15) is 0 Å². The second-order valence-corrected chi connectivity index (χ2v) is 9.14. The quantitative estimate of drug-likeness (QED) is 0.538. The van der Waals surface area contributed by atoms with Crippen LogP contribution in [0.1, 0.15) is 11.1 Å². The highest BCUT2D eigenvalue weighted by Crippen LogP contribution is 2.34. The van der Waals surface area contributed by atoms with Crippen LogP contribution in [0.4, 0.5) is 4.79 Å². The van der Waals surface area contributed by atoms with E-state index in [4.69, 9.17) is 32.7 Å². The molecule has 2 aliphatic heterocycles. The third kappa shape index (κ3) is 5.70. The average Bonchev–Trinajstić information content (AvgIpc) is 3.07. The molecule has 0 unspecified atom stereocenters. The van der Waals surface area contributed by atoms with Crippen molar-refractivity contribution in [2.45, 2.75) is 6.61 Å². The second-order valence-electron chi connectivity index (χ2n) is 7.33. The van der Waals surface area contributed by atoms with Crippen molar-refractivity contribution in [1.82, 2.24) is 9.80 Å². The molecule has 2 aromatic rings. The van der Waals surface area contributed by atoms with Crippen LogP contribution in [0.15, 0.2) is 47.4 Å². The number of morpholine rings is 1. The van der Waals surface area contributed by atoms with Gasteiger partial charge in [0, 0.05) is 23.7 Å². The van der Waals surface area contributed by atoms with Crippen LogP contribution in [0.2, 0.25) is 10.0 Å². The van der Waals surface area contributed by atoms with Crippen molar-refractivity contribution < 1.29 is 23.9 Å². The number of thioether (sulfide) groups is 1. The van der Waals surface area contributed by atoms with Crippen LogP contribution in [-0.2, 0) is 20.9 Å². The van der Waals surface area contributed by atoms with Crippen molar-refractivity contribution in [3.63, 3.8) is 0 Å². The Morgan fingerprint density at radius 3 is 2.58 bits per heavy atom. The number of imide groups is 1. The van der Waals surface area contributed by atoms with Crippen molar-refractivity contribution in [3.05, 3.63) is 68.5 Å². The van der Waals surface area contributed by atoms with Crippen molar-refractivity contribution in [2.24, 2.45) is 0 Å². The van der Waals surface area contributed by atoms with Gasteiger partial charge in [0.2, 0.25) is 5.91 Å². The molecule has 0 radical (unpaired) electrons. The zero-order valence-electron chi connectivity index (χ0n) is 17.5. The molecule has 0 aromatic heterocycles. The smallest absolute Gasteiger partial charge is 0.294 e. The lowest BCUT2D eigenvalue weighted by molar-refractivity contribution is -0.139. The molecule has 0 N–H and O–H groups in total. The lowest BCUT2D eigenvalue weighted by Gasteiger charge is -2.28. The Morgan fingerprint density at radius 1 is 1.09 bits per heavy atom. The molecule has 0 saturated carbocycles. The molecule has 2 fully saturated rings. The summed E-state index contributed by atoms with van der Waals surface area (Å²) in [6.45, 7) is 1.79. The second kappa shape index (κ2) is 10.6. The maximum atomic E-state index is 12.7. The first-order valence-corrected chi connectivity index (χ1v) is 11.8. The van der Waals surface area contributed by atoms with Gasteiger partial charge in [0.15, 0.2) is 0 Å². The van der Waals surface area contributed by atoms with Gasteiger partial charge in [0.05, 0.1) is 23.1 Å². The number of ether oxygens (including phenoxy) is 2. The SMILES string of the molecule is O=C(CN1C(=O)S/C(=C\c2ccc(OCc3ccccc3Cl)c(Cl)c2)C1=O)N1CCOCC1. The zero-order chi connectivity index (χ0) is 23.4. The van der Waals surface area contributed by atoms with E-state index in [2.05, 4.69) is 0 Å². The molecule has 2 saturated heterocycles. The Balaban J connectivity index is 1.41. The lowest BCUT2D eigenvalue weighted by Crippen LogP contribution is -2.46. The summed E-state index contributed by atoms with van der Waals surface area (Å²) >= 11 is 13.3. The summed E-state index contributed by atoms with van der Waals surface area (Å²) in [5.74, 6) is -0.301. The Morgan fingerprint density at radius 2 is 1.85 bits per heavy atom. The molecule has 0 atom stereocenters. The number of nitrogens with zero attached hydrogens (tertiary/aromatic N) is 2. The molecule has 2 aliphatic rings. The highest BCUT2D eigenvalue weighted by molar-refractivity contribution is 8.18. The average molecular weight is 507 g/mol. The van der Waals surface area contributed by atoms with E-state index < -0.39 is 11.1 Å². The molecule has 4 rings (SSSR count). The third-order valence-electron chi connectivity index (χ3n) is 5.13. The Labute approximate surface area is 205 Å². The Kier molecular flexibility index (Phi) is 7.60. The van der Waals surface area contributed by atoms with E-state index in [1.165, 1.54) is 0 Å². The maximum Gasteiger partial charge on any atom is 0.294 e. The number of carbonyl (C=O) groups is 3. The van der Waals surface area contributed by atoms with Gasteiger partial charge in [0.1, 0.15) is 18.9 Å². The molecular weight excluding hydrogens is 487 g/mol. The van der Waals surface area contributed by atoms with Gasteiger partial charge >= 0.3 is 0 Å².